The van der Waals surface area contributed by atoms with Gasteiger partial charge in [-0.1, -0.05) is 33.1 Å². The summed E-state index contributed by atoms with van der Waals surface area (Å²) in [6.45, 7) is 5.45. The zero-order chi connectivity index (χ0) is 17.8. The van der Waals surface area contributed by atoms with Gasteiger partial charge in [-0.15, -0.1) is 0 Å². The minimum absolute atomic E-state index is 0.634. The van der Waals surface area contributed by atoms with Crippen LogP contribution in [0.15, 0.2) is 36.4 Å². The fraction of sp³-hybridized carbons (Fsp3) is 0.364. The summed E-state index contributed by atoms with van der Waals surface area (Å²) in [5.41, 5.74) is 3.61. The maximum atomic E-state index is 11.2. The van der Waals surface area contributed by atoms with Gasteiger partial charge < -0.3 is 4.57 Å². The Bertz CT molecular complexity index is 842. The second kappa shape index (κ2) is 7.64. The van der Waals surface area contributed by atoms with Gasteiger partial charge >= 0.3 is 0 Å². The molecule has 1 heterocycles. The Balaban J connectivity index is 2.17. The molecule has 0 aliphatic heterocycles. The molecular formula is C22H25NO2. The normalized spacial score (nSPS) is 12.6. The van der Waals surface area contributed by atoms with Crippen molar-refractivity contribution in [1.82, 2.24) is 4.57 Å². The predicted molar refractivity (Wildman–Crippen MR) is 104 cm³/mol. The molecule has 0 N–H and O–H groups in total. The van der Waals surface area contributed by atoms with Crippen molar-refractivity contribution in [2.24, 2.45) is 5.92 Å². The van der Waals surface area contributed by atoms with Gasteiger partial charge in [-0.05, 0) is 48.7 Å². The third kappa shape index (κ3) is 3.37. The Morgan fingerprint density at radius 3 is 1.92 bits per heavy atom. The highest BCUT2D eigenvalue weighted by Gasteiger charge is 2.15. The van der Waals surface area contributed by atoms with Crippen LogP contribution in [0.5, 0.6) is 0 Å². The zero-order valence-corrected chi connectivity index (χ0v) is 15.0. The topological polar surface area (TPSA) is 39.1 Å². The van der Waals surface area contributed by atoms with Gasteiger partial charge in [0, 0.05) is 39.5 Å². The largest absolute Gasteiger partial charge is 0.340 e. The van der Waals surface area contributed by atoms with Crippen LogP contribution in [0, 0.1) is 5.92 Å². The Morgan fingerprint density at radius 2 is 1.48 bits per heavy atom. The molecule has 1 aromatic heterocycles. The van der Waals surface area contributed by atoms with E-state index in [4.69, 9.17) is 0 Å². The van der Waals surface area contributed by atoms with Crippen molar-refractivity contribution < 1.29 is 9.59 Å². The van der Waals surface area contributed by atoms with Crippen LogP contribution in [0.25, 0.3) is 21.8 Å². The number of hydrogen-bond acceptors (Lipinski definition) is 2. The number of rotatable bonds is 8. The molecule has 3 nitrogen and oxygen atoms in total. The van der Waals surface area contributed by atoms with Crippen molar-refractivity contribution in [2.45, 2.75) is 46.1 Å². The molecule has 25 heavy (non-hydrogen) atoms. The Labute approximate surface area is 148 Å². The molecule has 0 aliphatic carbocycles. The lowest BCUT2D eigenvalue weighted by Crippen LogP contribution is -2.10. The summed E-state index contributed by atoms with van der Waals surface area (Å²) in [6, 6.07) is 11.7. The van der Waals surface area contributed by atoms with E-state index in [1.54, 1.807) is 0 Å². The predicted octanol–water partition coefficient (Wildman–Crippen LogP) is 5.64. The maximum absolute atomic E-state index is 11.2. The number of aldehydes is 2. The minimum atomic E-state index is 0.634. The van der Waals surface area contributed by atoms with Crippen molar-refractivity contribution in [2.75, 3.05) is 0 Å². The highest BCUT2D eigenvalue weighted by molar-refractivity contribution is 6.10. The van der Waals surface area contributed by atoms with E-state index in [9.17, 15) is 9.59 Å². The van der Waals surface area contributed by atoms with E-state index in [0.717, 1.165) is 47.3 Å². The molecule has 0 fully saturated rings. The van der Waals surface area contributed by atoms with E-state index in [2.05, 4.69) is 18.4 Å². The first-order valence-corrected chi connectivity index (χ1v) is 9.18. The average Bonchev–Trinajstić information content (AvgIpc) is 2.97. The molecule has 3 rings (SSSR count). The molecule has 0 saturated carbocycles. The summed E-state index contributed by atoms with van der Waals surface area (Å²) in [5, 5.41) is 2.10. The summed E-state index contributed by atoms with van der Waals surface area (Å²) < 4.78 is 2.36. The number of carbonyl (C=O) groups excluding carboxylic acids is 2. The van der Waals surface area contributed by atoms with Gasteiger partial charge in [-0.2, -0.15) is 0 Å². The van der Waals surface area contributed by atoms with Crippen LogP contribution in [0.4, 0.5) is 0 Å². The van der Waals surface area contributed by atoms with Crippen LogP contribution >= 0.6 is 0 Å². The summed E-state index contributed by atoms with van der Waals surface area (Å²) >= 11 is 0. The standard InChI is InChI=1S/C22H25NO2/c1-3-5-6-16(4-2)13-23-21-9-7-17(14-24)11-19(21)20-12-18(15-25)8-10-22(20)23/h7-12,14-16H,3-6,13H2,1-2H3/t16-/m0/s1. The van der Waals surface area contributed by atoms with Crippen LogP contribution in [0.2, 0.25) is 0 Å². The van der Waals surface area contributed by atoms with Crippen LogP contribution < -0.4 is 0 Å². The monoisotopic (exact) mass is 335 g/mol. The maximum Gasteiger partial charge on any atom is 0.150 e. The second-order valence-corrected chi connectivity index (χ2v) is 6.82. The molecule has 3 aromatic rings. The van der Waals surface area contributed by atoms with Crippen LogP contribution in [0.1, 0.15) is 60.2 Å². The molecule has 2 aromatic carbocycles. The number of carbonyl (C=O) groups is 2. The third-order valence-corrected chi connectivity index (χ3v) is 5.17. The smallest absolute Gasteiger partial charge is 0.150 e. The third-order valence-electron chi connectivity index (χ3n) is 5.17. The summed E-state index contributed by atoms with van der Waals surface area (Å²) in [5.74, 6) is 0.634. The molecule has 0 unspecified atom stereocenters. The molecule has 0 spiro atoms. The highest BCUT2D eigenvalue weighted by atomic mass is 16.1. The quantitative estimate of drug-likeness (QED) is 0.500. The van der Waals surface area contributed by atoms with Crippen LogP contribution in [-0.2, 0) is 6.54 Å². The fourth-order valence-corrected chi connectivity index (χ4v) is 3.66. The SMILES string of the molecule is CCCC[C@H](CC)Cn1c2ccc(C=O)cc2c2cc(C=O)ccc21. The molecule has 3 heteroatoms. The zero-order valence-electron chi connectivity index (χ0n) is 15.0. The lowest BCUT2D eigenvalue weighted by molar-refractivity contribution is 0.111. The molecule has 0 bridgehead atoms. The number of fused-ring (bicyclic) bond motifs is 3. The van der Waals surface area contributed by atoms with E-state index in [-0.39, 0.29) is 0 Å². The number of nitrogens with zero attached hydrogens (tertiary/aromatic N) is 1. The van der Waals surface area contributed by atoms with Crippen molar-refractivity contribution >= 4 is 34.4 Å². The lowest BCUT2D eigenvalue weighted by Gasteiger charge is -2.17. The molecule has 0 amide bonds. The van der Waals surface area contributed by atoms with Gasteiger partial charge in [-0.25, -0.2) is 0 Å². The van der Waals surface area contributed by atoms with E-state index >= 15 is 0 Å². The number of unbranched alkanes of at least 4 members (excludes halogenated alkanes) is 1. The molecule has 0 aliphatic rings. The van der Waals surface area contributed by atoms with E-state index in [1.807, 2.05) is 36.4 Å². The Kier molecular flexibility index (Phi) is 5.32. The van der Waals surface area contributed by atoms with Crippen LogP contribution in [0.3, 0.4) is 0 Å². The molecular weight excluding hydrogens is 310 g/mol. The van der Waals surface area contributed by atoms with Gasteiger partial charge in [0.1, 0.15) is 12.6 Å². The number of hydrogen-bond donors (Lipinski definition) is 0. The van der Waals surface area contributed by atoms with E-state index < -0.39 is 0 Å². The summed E-state index contributed by atoms with van der Waals surface area (Å²) in [7, 11) is 0. The highest BCUT2D eigenvalue weighted by Crippen LogP contribution is 2.32. The Morgan fingerprint density at radius 1 is 0.920 bits per heavy atom. The molecule has 0 saturated heterocycles. The Hall–Kier alpha value is -2.42. The number of benzene rings is 2. The molecule has 130 valence electrons. The molecule has 1 atom stereocenters. The van der Waals surface area contributed by atoms with Crippen molar-refractivity contribution in [1.29, 1.82) is 0 Å². The molecule has 0 radical (unpaired) electrons. The van der Waals surface area contributed by atoms with Gasteiger partial charge in [-0.3, -0.25) is 9.59 Å². The van der Waals surface area contributed by atoms with Gasteiger partial charge in [0.2, 0.25) is 0 Å². The minimum Gasteiger partial charge on any atom is -0.340 e. The fourth-order valence-electron chi connectivity index (χ4n) is 3.66. The van der Waals surface area contributed by atoms with E-state index in [1.165, 1.54) is 19.3 Å². The first-order chi connectivity index (χ1) is 12.2. The first-order valence-electron chi connectivity index (χ1n) is 9.18. The van der Waals surface area contributed by atoms with E-state index in [0.29, 0.717) is 17.0 Å². The van der Waals surface area contributed by atoms with Crippen LogP contribution in [-0.4, -0.2) is 17.1 Å². The second-order valence-electron chi connectivity index (χ2n) is 6.82. The van der Waals surface area contributed by atoms with Crippen molar-refractivity contribution in [3.63, 3.8) is 0 Å². The van der Waals surface area contributed by atoms with Gasteiger partial charge in [0.25, 0.3) is 0 Å². The van der Waals surface area contributed by atoms with Gasteiger partial charge in [0.05, 0.1) is 0 Å². The van der Waals surface area contributed by atoms with Crippen molar-refractivity contribution in [3.8, 4) is 0 Å². The lowest BCUT2D eigenvalue weighted by atomic mass is 9.99. The number of aromatic nitrogens is 1. The van der Waals surface area contributed by atoms with Crippen molar-refractivity contribution in [3.05, 3.63) is 47.5 Å². The first kappa shape index (κ1) is 17.4. The average molecular weight is 335 g/mol. The van der Waals surface area contributed by atoms with Gasteiger partial charge in [0.15, 0.2) is 0 Å². The summed E-state index contributed by atoms with van der Waals surface area (Å²) in [6.07, 6.45) is 6.60. The summed E-state index contributed by atoms with van der Waals surface area (Å²) in [4.78, 5) is 22.4.